The van der Waals surface area contributed by atoms with Gasteiger partial charge in [-0.15, -0.1) is 0 Å². The first-order valence-corrected chi connectivity index (χ1v) is 6.59. The first kappa shape index (κ1) is 14.3. The largest absolute Gasteiger partial charge is 0.496 e. The van der Waals surface area contributed by atoms with Crippen LogP contribution in [-0.4, -0.2) is 26.0 Å². The van der Waals surface area contributed by atoms with Gasteiger partial charge in [-0.3, -0.25) is 9.59 Å². The lowest BCUT2D eigenvalue weighted by molar-refractivity contribution is -0.151. The van der Waals surface area contributed by atoms with E-state index in [1.54, 1.807) is 18.2 Å². The van der Waals surface area contributed by atoms with Crippen LogP contribution in [-0.2, 0) is 19.7 Å². The van der Waals surface area contributed by atoms with Crippen LogP contribution in [0.25, 0.3) is 0 Å². The molecule has 0 unspecified atom stereocenters. The molecule has 0 amide bonds. The molecule has 2 rings (SSSR count). The van der Waals surface area contributed by atoms with E-state index in [-0.39, 0.29) is 5.78 Å². The summed E-state index contributed by atoms with van der Waals surface area (Å²) in [5.74, 6) is -0.244. The molecule has 1 aliphatic carbocycles. The fourth-order valence-corrected chi connectivity index (χ4v) is 2.69. The molecule has 106 valence electrons. The molecule has 1 aliphatic rings. The lowest BCUT2D eigenvalue weighted by Crippen LogP contribution is -2.43. The number of esters is 1. The fourth-order valence-electron chi connectivity index (χ4n) is 2.69. The molecule has 20 heavy (non-hydrogen) atoms. The van der Waals surface area contributed by atoms with Crippen molar-refractivity contribution in [2.24, 2.45) is 0 Å². The molecule has 0 spiro atoms. The van der Waals surface area contributed by atoms with Crippen molar-refractivity contribution in [3.8, 4) is 5.75 Å². The SMILES string of the molecule is COC(=O)[C@]1(c2ccccc2OC)CCCC=CC1=O. The topological polar surface area (TPSA) is 52.6 Å². The molecule has 4 heteroatoms. The number of methoxy groups -OCH3 is 2. The zero-order valence-electron chi connectivity index (χ0n) is 11.7. The predicted molar refractivity (Wildman–Crippen MR) is 74.7 cm³/mol. The summed E-state index contributed by atoms with van der Waals surface area (Å²) in [4.78, 5) is 25.0. The number of carbonyl (C=O) groups excluding carboxylic acids is 2. The van der Waals surface area contributed by atoms with Gasteiger partial charge in [-0.25, -0.2) is 0 Å². The molecular formula is C16H18O4. The third kappa shape index (κ3) is 2.22. The van der Waals surface area contributed by atoms with Crippen LogP contribution in [0.3, 0.4) is 0 Å². The average molecular weight is 274 g/mol. The van der Waals surface area contributed by atoms with E-state index in [2.05, 4.69) is 0 Å². The molecule has 1 atom stereocenters. The number of hydrogen-bond donors (Lipinski definition) is 0. The van der Waals surface area contributed by atoms with Crippen LogP contribution < -0.4 is 4.74 Å². The van der Waals surface area contributed by atoms with Gasteiger partial charge >= 0.3 is 5.97 Å². The summed E-state index contributed by atoms with van der Waals surface area (Å²) >= 11 is 0. The van der Waals surface area contributed by atoms with Crippen LogP contribution in [0.4, 0.5) is 0 Å². The van der Waals surface area contributed by atoms with Crippen molar-refractivity contribution >= 4 is 11.8 Å². The molecule has 1 aromatic carbocycles. The van der Waals surface area contributed by atoms with E-state index in [1.807, 2.05) is 12.1 Å². The van der Waals surface area contributed by atoms with E-state index in [0.717, 1.165) is 12.8 Å². The first-order valence-electron chi connectivity index (χ1n) is 6.59. The zero-order valence-corrected chi connectivity index (χ0v) is 11.7. The van der Waals surface area contributed by atoms with Crippen molar-refractivity contribution < 1.29 is 19.1 Å². The van der Waals surface area contributed by atoms with Crippen LogP contribution in [0.2, 0.25) is 0 Å². The Bertz CT molecular complexity index is 547. The highest BCUT2D eigenvalue weighted by Crippen LogP contribution is 2.39. The summed E-state index contributed by atoms with van der Waals surface area (Å²) in [6.45, 7) is 0. The lowest BCUT2D eigenvalue weighted by atomic mass is 9.73. The van der Waals surface area contributed by atoms with E-state index in [9.17, 15) is 9.59 Å². The van der Waals surface area contributed by atoms with Crippen molar-refractivity contribution in [3.05, 3.63) is 42.0 Å². The molecule has 0 fully saturated rings. The zero-order chi connectivity index (χ0) is 14.6. The number of para-hydroxylation sites is 1. The summed E-state index contributed by atoms with van der Waals surface area (Å²) in [5.41, 5.74) is -0.722. The first-order chi connectivity index (χ1) is 9.66. The van der Waals surface area contributed by atoms with Crippen molar-refractivity contribution in [1.82, 2.24) is 0 Å². The summed E-state index contributed by atoms with van der Waals surface area (Å²) in [6, 6.07) is 7.11. The monoisotopic (exact) mass is 274 g/mol. The van der Waals surface area contributed by atoms with Gasteiger partial charge in [-0.05, 0) is 31.4 Å². The van der Waals surface area contributed by atoms with Gasteiger partial charge in [0.15, 0.2) is 11.2 Å². The van der Waals surface area contributed by atoms with E-state index < -0.39 is 11.4 Å². The highest BCUT2D eigenvalue weighted by molar-refractivity contribution is 6.15. The van der Waals surface area contributed by atoms with Crippen LogP contribution in [0.15, 0.2) is 36.4 Å². The number of ketones is 1. The maximum Gasteiger partial charge on any atom is 0.324 e. The normalized spacial score (nSPS) is 22.2. The molecule has 0 saturated heterocycles. The second-order valence-electron chi connectivity index (χ2n) is 4.76. The van der Waals surface area contributed by atoms with Crippen molar-refractivity contribution in [3.63, 3.8) is 0 Å². The van der Waals surface area contributed by atoms with E-state index >= 15 is 0 Å². The highest BCUT2D eigenvalue weighted by Gasteiger charge is 2.49. The Kier molecular flexibility index (Phi) is 4.23. The van der Waals surface area contributed by atoms with Gasteiger partial charge in [0.1, 0.15) is 5.75 Å². The molecule has 0 N–H and O–H groups in total. The average Bonchev–Trinajstić information content (AvgIpc) is 2.69. The number of rotatable bonds is 3. The molecule has 1 aromatic rings. The molecule has 0 heterocycles. The van der Waals surface area contributed by atoms with Gasteiger partial charge < -0.3 is 9.47 Å². The molecule has 0 aromatic heterocycles. The Morgan fingerprint density at radius 2 is 2.00 bits per heavy atom. The standard InChI is InChI=1S/C16H18O4/c1-19-13-9-6-5-8-12(13)16(15(18)20-2)11-7-3-4-10-14(16)17/h4-6,8-10H,3,7,11H2,1-2H3/t16-/m0/s1. The number of hydrogen-bond acceptors (Lipinski definition) is 4. The molecule has 4 nitrogen and oxygen atoms in total. The van der Waals surface area contributed by atoms with Gasteiger partial charge in [-0.2, -0.15) is 0 Å². The third-order valence-corrected chi connectivity index (χ3v) is 3.71. The van der Waals surface area contributed by atoms with Gasteiger partial charge in [-0.1, -0.05) is 24.3 Å². The Morgan fingerprint density at radius 3 is 2.70 bits per heavy atom. The Hall–Kier alpha value is -2.10. The maximum absolute atomic E-state index is 12.6. The smallest absolute Gasteiger partial charge is 0.324 e. The maximum atomic E-state index is 12.6. The Labute approximate surface area is 118 Å². The van der Waals surface area contributed by atoms with Crippen LogP contribution in [0, 0.1) is 0 Å². The minimum Gasteiger partial charge on any atom is -0.496 e. The second kappa shape index (κ2) is 5.90. The van der Waals surface area contributed by atoms with Gasteiger partial charge in [0, 0.05) is 5.56 Å². The Balaban J connectivity index is 2.66. The number of carbonyl (C=O) groups is 2. The molecule has 0 saturated carbocycles. The quantitative estimate of drug-likeness (QED) is 0.627. The summed E-state index contributed by atoms with van der Waals surface area (Å²) in [7, 11) is 2.84. The van der Waals surface area contributed by atoms with Gasteiger partial charge in [0.05, 0.1) is 14.2 Å². The van der Waals surface area contributed by atoms with Crippen LogP contribution in [0.1, 0.15) is 24.8 Å². The predicted octanol–water partition coefficient (Wildman–Crippen LogP) is 2.42. The van der Waals surface area contributed by atoms with Crippen molar-refractivity contribution in [1.29, 1.82) is 0 Å². The van der Waals surface area contributed by atoms with Gasteiger partial charge in [0.25, 0.3) is 0 Å². The van der Waals surface area contributed by atoms with Crippen LogP contribution in [0.5, 0.6) is 5.75 Å². The molecule has 0 aliphatic heterocycles. The van der Waals surface area contributed by atoms with E-state index in [4.69, 9.17) is 9.47 Å². The van der Waals surface area contributed by atoms with Crippen molar-refractivity contribution in [2.45, 2.75) is 24.7 Å². The molecular weight excluding hydrogens is 256 g/mol. The van der Waals surface area contributed by atoms with Crippen molar-refractivity contribution in [2.75, 3.05) is 14.2 Å². The van der Waals surface area contributed by atoms with Gasteiger partial charge in [0.2, 0.25) is 0 Å². The highest BCUT2D eigenvalue weighted by atomic mass is 16.5. The lowest BCUT2D eigenvalue weighted by Gasteiger charge is -2.29. The fraction of sp³-hybridized carbons (Fsp3) is 0.375. The van der Waals surface area contributed by atoms with E-state index in [0.29, 0.717) is 17.7 Å². The summed E-state index contributed by atoms with van der Waals surface area (Å²) < 4.78 is 10.2. The molecule has 0 radical (unpaired) electrons. The minimum atomic E-state index is -1.30. The van der Waals surface area contributed by atoms with Crippen LogP contribution >= 0.6 is 0 Å². The number of allylic oxidation sites excluding steroid dienone is 2. The summed E-state index contributed by atoms with van der Waals surface area (Å²) in [5, 5.41) is 0. The third-order valence-electron chi connectivity index (χ3n) is 3.71. The summed E-state index contributed by atoms with van der Waals surface area (Å²) in [6.07, 6.45) is 5.24. The minimum absolute atomic E-state index is 0.244. The Morgan fingerprint density at radius 1 is 1.25 bits per heavy atom. The molecule has 0 bridgehead atoms. The number of benzene rings is 1. The number of ether oxygens (including phenoxy) is 2. The van der Waals surface area contributed by atoms with E-state index in [1.165, 1.54) is 20.3 Å². The second-order valence-corrected chi connectivity index (χ2v) is 4.76.